The molecule has 0 aromatic carbocycles. The van der Waals surface area contributed by atoms with Crippen LogP contribution in [0.5, 0.6) is 0 Å². The number of hydrogen-bond acceptors (Lipinski definition) is 4. The summed E-state index contributed by atoms with van der Waals surface area (Å²) in [6.45, 7) is 7.60. The number of fused-ring (bicyclic) bond motifs is 2. The summed E-state index contributed by atoms with van der Waals surface area (Å²) >= 11 is 0. The molecule has 1 fully saturated rings. The van der Waals surface area contributed by atoms with Gasteiger partial charge in [0.05, 0.1) is 12.1 Å². The lowest BCUT2D eigenvalue weighted by molar-refractivity contribution is -0.132. The van der Waals surface area contributed by atoms with Gasteiger partial charge >= 0.3 is 0 Å². The van der Waals surface area contributed by atoms with Gasteiger partial charge in [-0.2, -0.15) is 0 Å². The summed E-state index contributed by atoms with van der Waals surface area (Å²) in [6.07, 6.45) is 7.39. The Morgan fingerprint density at radius 1 is 1.32 bits per heavy atom. The minimum absolute atomic E-state index is 0.00869. The fraction of sp³-hybridized carbons (Fsp3) is 0.545. The maximum Gasteiger partial charge on any atom is 0.254 e. The molecule has 6 heteroatoms. The molecule has 2 aromatic rings. The van der Waals surface area contributed by atoms with E-state index >= 15 is 0 Å². The molecule has 2 aliphatic rings. The van der Waals surface area contributed by atoms with Crippen LogP contribution in [-0.4, -0.2) is 38.8 Å². The average Bonchev–Trinajstić information content (AvgIpc) is 3.00. The van der Waals surface area contributed by atoms with E-state index in [1.165, 1.54) is 0 Å². The normalized spacial score (nSPS) is 21.8. The highest BCUT2D eigenvalue weighted by Gasteiger charge is 2.46. The van der Waals surface area contributed by atoms with Crippen LogP contribution < -0.4 is 5.56 Å². The van der Waals surface area contributed by atoms with Crippen molar-refractivity contribution in [2.45, 2.75) is 63.7 Å². The van der Waals surface area contributed by atoms with Gasteiger partial charge in [-0.05, 0) is 37.3 Å². The molecule has 1 aliphatic carbocycles. The predicted molar refractivity (Wildman–Crippen MR) is 107 cm³/mol. The van der Waals surface area contributed by atoms with Gasteiger partial charge in [-0.3, -0.25) is 14.6 Å². The third-order valence-corrected chi connectivity index (χ3v) is 6.09. The number of carbonyl (C=O) groups is 1. The Labute approximate surface area is 165 Å². The number of piperidine rings is 1. The molecule has 1 saturated heterocycles. The molecule has 28 heavy (non-hydrogen) atoms. The van der Waals surface area contributed by atoms with Crippen molar-refractivity contribution < 1.29 is 4.79 Å². The number of nitrogens with zero attached hydrogens (tertiary/aromatic N) is 3. The van der Waals surface area contributed by atoms with Crippen LogP contribution in [0, 0.1) is 0 Å². The summed E-state index contributed by atoms with van der Waals surface area (Å²) in [5.74, 6) is 0.859. The molecule has 1 N–H and O–H groups in total. The Kier molecular flexibility index (Phi) is 4.60. The molecule has 1 spiro atoms. The lowest BCUT2D eigenvalue weighted by atomic mass is 9.77. The Morgan fingerprint density at radius 3 is 2.86 bits per heavy atom. The van der Waals surface area contributed by atoms with E-state index in [0.717, 1.165) is 54.9 Å². The van der Waals surface area contributed by atoms with Gasteiger partial charge in [0.25, 0.3) is 5.56 Å². The van der Waals surface area contributed by atoms with Crippen LogP contribution in [0.2, 0.25) is 0 Å². The number of hydrogen-bond donors (Lipinski definition) is 1. The van der Waals surface area contributed by atoms with Gasteiger partial charge in [-0.15, -0.1) is 0 Å². The fourth-order valence-electron chi connectivity index (χ4n) is 4.54. The molecule has 1 aliphatic heterocycles. The average molecular weight is 380 g/mol. The van der Waals surface area contributed by atoms with Gasteiger partial charge in [-0.25, -0.2) is 4.98 Å². The topological polar surface area (TPSA) is 79.0 Å². The van der Waals surface area contributed by atoms with Crippen molar-refractivity contribution in [3.63, 3.8) is 0 Å². The first-order chi connectivity index (χ1) is 13.3. The Bertz CT molecular complexity index is 945. The van der Waals surface area contributed by atoms with Gasteiger partial charge < -0.3 is 9.88 Å². The number of aromatic nitrogens is 3. The second kappa shape index (κ2) is 6.83. The summed E-state index contributed by atoms with van der Waals surface area (Å²) < 4.78 is 0. The van der Waals surface area contributed by atoms with Gasteiger partial charge in [0.2, 0.25) is 5.91 Å². The summed E-state index contributed by atoms with van der Waals surface area (Å²) in [7, 11) is 0. The molecule has 1 atom stereocenters. The van der Waals surface area contributed by atoms with E-state index in [1.807, 2.05) is 17.0 Å². The SMILES string of the molecule is CC(C)(C)c1nc2c(c(=O)[nH]1)CCC21CCCN(C(=O)Cc2cccnc2)C1. The van der Waals surface area contributed by atoms with E-state index in [4.69, 9.17) is 4.98 Å². The van der Waals surface area contributed by atoms with Crippen molar-refractivity contribution in [1.82, 2.24) is 19.9 Å². The zero-order chi connectivity index (χ0) is 19.9. The first-order valence-corrected chi connectivity index (χ1v) is 10.1. The van der Waals surface area contributed by atoms with Crippen LogP contribution in [0.4, 0.5) is 0 Å². The molecule has 1 amide bonds. The maximum atomic E-state index is 12.9. The Hall–Kier alpha value is -2.50. The van der Waals surface area contributed by atoms with Crippen LogP contribution in [0.15, 0.2) is 29.3 Å². The second-order valence-corrected chi connectivity index (χ2v) is 9.23. The molecule has 148 valence electrons. The number of H-pyrrole nitrogens is 1. The summed E-state index contributed by atoms with van der Waals surface area (Å²) in [5.41, 5.74) is 2.26. The zero-order valence-corrected chi connectivity index (χ0v) is 16.9. The minimum Gasteiger partial charge on any atom is -0.341 e. The summed E-state index contributed by atoms with van der Waals surface area (Å²) in [5, 5.41) is 0. The fourth-order valence-corrected chi connectivity index (χ4v) is 4.54. The first-order valence-electron chi connectivity index (χ1n) is 10.1. The number of likely N-dealkylation sites (tertiary alicyclic amines) is 1. The Morgan fingerprint density at radius 2 is 2.14 bits per heavy atom. The highest BCUT2D eigenvalue weighted by atomic mass is 16.2. The summed E-state index contributed by atoms with van der Waals surface area (Å²) in [4.78, 5) is 39.6. The van der Waals surface area contributed by atoms with E-state index < -0.39 is 0 Å². The van der Waals surface area contributed by atoms with Crippen LogP contribution in [0.25, 0.3) is 0 Å². The van der Waals surface area contributed by atoms with Gasteiger partial charge in [0.15, 0.2) is 0 Å². The van der Waals surface area contributed by atoms with Gasteiger partial charge in [0, 0.05) is 41.9 Å². The van der Waals surface area contributed by atoms with Crippen LogP contribution in [0.3, 0.4) is 0 Å². The largest absolute Gasteiger partial charge is 0.341 e. The molecular formula is C22H28N4O2. The van der Waals surface area contributed by atoms with Crippen molar-refractivity contribution in [3.05, 3.63) is 57.5 Å². The molecular weight excluding hydrogens is 352 g/mol. The van der Waals surface area contributed by atoms with E-state index in [2.05, 4.69) is 30.7 Å². The van der Waals surface area contributed by atoms with Crippen molar-refractivity contribution >= 4 is 5.91 Å². The van der Waals surface area contributed by atoms with E-state index in [9.17, 15) is 9.59 Å². The molecule has 4 rings (SSSR count). The molecule has 0 saturated carbocycles. The van der Waals surface area contributed by atoms with Crippen LogP contribution in [-0.2, 0) is 28.5 Å². The maximum absolute atomic E-state index is 12.9. The molecule has 1 unspecified atom stereocenters. The monoisotopic (exact) mass is 380 g/mol. The number of nitrogens with one attached hydrogen (secondary N) is 1. The molecule has 2 aromatic heterocycles. The zero-order valence-electron chi connectivity index (χ0n) is 16.9. The quantitative estimate of drug-likeness (QED) is 0.868. The second-order valence-electron chi connectivity index (χ2n) is 9.23. The number of carbonyl (C=O) groups excluding carboxylic acids is 1. The first kappa shape index (κ1) is 18.8. The Balaban J connectivity index is 1.63. The number of rotatable bonds is 2. The smallest absolute Gasteiger partial charge is 0.254 e. The van der Waals surface area contributed by atoms with Crippen LogP contribution in [0.1, 0.15) is 62.7 Å². The minimum atomic E-state index is -0.220. The lowest BCUT2D eigenvalue weighted by Crippen LogP contribution is -2.48. The summed E-state index contributed by atoms with van der Waals surface area (Å²) in [6, 6.07) is 3.80. The number of aromatic amines is 1. The van der Waals surface area contributed by atoms with Crippen molar-refractivity contribution in [2.75, 3.05) is 13.1 Å². The standard InChI is InChI=1S/C22H28N4O2/c1-21(2,3)20-24-18-16(19(28)25-20)7-9-22(18)8-5-11-26(14-22)17(27)12-15-6-4-10-23-13-15/h4,6,10,13H,5,7-9,11-12,14H2,1-3H3,(H,24,25,28). The van der Waals surface area contributed by atoms with Crippen LogP contribution >= 0.6 is 0 Å². The van der Waals surface area contributed by atoms with E-state index in [0.29, 0.717) is 13.0 Å². The highest BCUT2D eigenvalue weighted by molar-refractivity contribution is 5.79. The van der Waals surface area contributed by atoms with E-state index in [-0.39, 0.29) is 22.3 Å². The predicted octanol–water partition coefficient (Wildman–Crippen LogP) is 2.51. The molecule has 3 heterocycles. The third kappa shape index (κ3) is 3.36. The molecule has 0 bridgehead atoms. The van der Waals surface area contributed by atoms with E-state index in [1.54, 1.807) is 12.4 Å². The third-order valence-electron chi connectivity index (χ3n) is 6.09. The van der Waals surface area contributed by atoms with Crippen molar-refractivity contribution in [2.24, 2.45) is 0 Å². The molecule has 0 radical (unpaired) electrons. The number of amides is 1. The van der Waals surface area contributed by atoms with Crippen molar-refractivity contribution in [3.8, 4) is 0 Å². The highest BCUT2D eigenvalue weighted by Crippen LogP contribution is 2.43. The van der Waals surface area contributed by atoms with Crippen molar-refractivity contribution in [1.29, 1.82) is 0 Å². The van der Waals surface area contributed by atoms with Gasteiger partial charge in [0.1, 0.15) is 5.82 Å². The number of pyridine rings is 1. The van der Waals surface area contributed by atoms with Gasteiger partial charge in [-0.1, -0.05) is 26.8 Å². The molecule has 6 nitrogen and oxygen atoms in total. The lowest BCUT2D eigenvalue weighted by Gasteiger charge is -2.40.